The van der Waals surface area contributed by atoms with E-state index in [0.29, 0.717) is 12.1 Å². The van der Waals surface area contributed by atoms with E-state index in [0.717, 1.165) is 12.1 Å². The van der Waals surface area contributed by atoms with Crippen LogP contribution in [0.2, 0.25) is 0 Å². The largest absolute Gasteiger partial charge is 0.415 e. The van der Waals surface area contributed by atoms with Gasteiger partial charge >= 0.3 is 6.18 Å². The van der Waals surface area contributed by atoms with Crippen LogP contribution < -0.4 is 16.4 Å². The number of hydrogen-bond acceptors (Lipinski definition) is 0. The number of alkyl halides is 3. The van der Waals surface area contributed by atoms with Gasteiger partial charge in [0.25, 0.3) is 6.71 Å². The van der Waals surface area contributed by atoms with Gasteiger partial charge in [0.15, 0.2) is 46.5 Å². The Balaban J connectivity index is 2.55. The molecule has 0 aliphatic carbocycles. The summed E-state index contributed by atoms with van der Waals surface area (Å²) in [7, 11) is 0. The molecule has 162 valence electrons. The lowest BCUT2D eigenvalue weighted by Crippen LogP contribution is -2.59. The molecule has 0 fully saturated rings. The average molecular weight is 454 g/mol. The van der Waals surface area contributed by atoms with Crippen molar-refractivity contribution in [2.75, 3.05) is 0 Å². The molecular weight excluding hydrogens is 448 g/mol. The van der Waals surface area contributed by atoms with Gasteiger partial charge in [0.05, 0.1) is 5.56 Å². The third-order valence-corrected chi connectivity index (χ3v) is 4.45. The highest BCUT2D eigenvalue weighted by molar-refractivity contribution is 6.96. The van der Waals surface area contributed by atoms with Crippen LogP contribution in [-0.2, 0) is 6.18 Å². The molecule has 0 aliphatic heterocycles. The molecule has 0 N–H and O–H groups in total. The highest BCUT2D eigenvalue weighted by Crippen LogP contribution is 2.28. The molecule has 12 heteroatoms. The molecule has 0 amide bonds. The Labute approximate surface area is 167 Å². The first-order chi connectivity index (χ1) is 14.4. The van der Waals surface area contributed by atoms with Gasteiger partial charge in [0.2, 0.25) is 0 Å². The van der Waals surface area contributed by atoms with E-state index in [1.165, 1.54) is 0 Å². The molecule has 0 spiro atoms. The first-order valence-electron chi connectivity index (χ1n) is 8.18. The number of rotatable bonds is 3. The van der Waals surface area contributed by atoms with Gasteiger partial charge in [-0.15, -0.1) is 0 Å². The number of benzene rings is 3. The summed E-state index contributed by atoms with van der Waals surface area (Å²) in [4.78, 5) is 0. The highest BCUT2D eigenvalue weighted by Gasteiger charge is 2.43. The molecular formula is C19H6BF11. The lowest BCUT2D eigenvalue weighted by Gasteiger charge is -2.22. The number of halogens is 11. The van der Waals surface area contributed by atoms with E-state index < -0.39 is 81.4 Å². The third-order valence-electron chi connectivity index (χ3n) is 4.45. The van der Waals surface area contributed by atoms with Crippen LogP contribution in [0, 0.1) is 46.5 Å². The Morgan fingerprint density at radius 1 is 0.548 bits per heavy atom. The van der Waals surface area contributed by atoms with Crippen LogP contribution in [0.15, 0.2) is 36.4 Å². The van der Waals surface area contributed by atoms with Crippen LogP contribution in [0.25, 0.3) is 0 Å². The SMILES string of the molecule is Fc1cc(F)c(F)c(B(c2ccccc2C(F)(F)F)c2c(F)c(F)cc(F)c2F)c1F. The summed E-state index contributed by atoms with van der Waals surface area (Å²) in [5, 5.41) is 0. The second-order valence-electron chi connectivity index (χ2n) is 6.28. The molecule has 0 atom stereocenters. The highest BCUT2D eigenvalue weighted by atomic mass is 19.4. The minimum absolute atomic E-state index is 0.292. The van der Waals surface area contributed by atoms with Crippen molar-refractivity contribution in [3.63, 3.8) is 0 Å². The maximum Gasteiger partial charge on any atom is 0.415 e. The average Bonchev–Trinajstić information content (AvgIpc) is 2.69. The van der Waals surface area contributed by atoms with Crippen LogP contribution in [-0.4, -0.2) is 6.71 Å². The predicted molar refractivity (Wildman–Crippen MR) is 88.6 cm³/mol. The summed E-state index contributed by atoms with van der Waals surface area (Å²) in [6.45, 7) is -2.95. The van der Waals surface area contributed by atoms with Crippen molar-refractivity contribution in [3.8, 4) is 0 Å². The number of hydrogen-bond donors (Lipinski definition) is 0. The fourth-order valence-corrected chi connectivity index (χ4v) is 3.15. The summed E-state index contributed by atoms with van der Waals surface area (Å²) in [6, 6.07) is 1.92. The summed E-state index contributed by atoms with van der Waals surface area (Å²) in [5.41, 5.74) is -6.83. The Kier molecular flexibility index (Phi) is 5.77. The van der Waals surface area contributed by atoms with Gasteiger partial charge in [0.1, 0.15) is 0 Å². The molecule has 0 unspecified atom stereocenters. The normalized spacial score (nSPS) is 11.7. The van der Waals surface area contributed by atoms with E-state index in [1.54, 1.807) is 0 Å². The van der Waals surface area contributed by atoms with Gasteiger partial charge in [-0.3, -0.25) is 0 Å². The predicted octanol–water partition coefficient (Wildman–Crippen LogP) is 4.33. The van der Waals surface area contributed by atoms with Crippen molar-refractivity contribution in [1.29, 1.82) is 0 Å². The lowest BCUT2D eigenvalue weighted by atomic mass is 9.35. The topological polar surface area (TPSA) is 0 Å². The van der Waals surface area contributed by atoms with E-state index >= 15 is 0 Å². The zero-order valence-corrected chi connectivity index (χ0v) is 14.7. The molecule has 31 heavy (non-hydrogen) atoms. The molecule has 0 heterocycles. The van der Waals surface area contributed by atoms with Gasteiger partial charge in [0, 0.05) is 23.1 Å². The first-order valence-corrected chi connectivity index (χ1v) is 8.18. The Hall–Kier alpha value is -3.05. The van der Waals surface area contributed by atoms with Crippen molar-refractivity contribution >= 4 is 23.1 Å². The molecule has 0 aliphatic rings. The molecule has 0 saturated carbocycles. The smallest absolute Gasteiger partial charge is 0.204 e. The van der Waals surface area contributed by atoms with Gasteiger partial charge in [-0.2, -0.15) is 13.2 Å². The Morgan fingerprint density at radius 3 is 1.26 bits per heavy atom. The van der Waals surface area contributed by atoms with Crippen molar-refractivity contribution in [3.05, 3.63) is 88.5 Å². The summed E-state index contributed by atoms with van der Waals surface area (Å²) < 4.78 is 153. The van der Waals surface area contributed by atoms with Crippen LogP contribution in [0.4, 0.5) is 48.3 Å². The zero-order valence-electron chi connectivity index (χ0n) is 14.7. The zero-order chi connectivity index (χ0) is 23.2. The third kappa shape index (κ3) is 3.86. The Morgan fingerprint density at radius 2 is 0.903 bits per heavy atom. The fourth-order valence-electron chi connectivity index (χ4n) is 3.15. The molecule has 3 aromatic rings. The molecule has 0 aromatic heterocycles. The van der Waals surface area contributed by atoms with E-state index in [4.69, 9.17) is 0 Å². The van der Waals surface area contributed by atoms with E-state index in [2.05, 4.69) is 0 Å². The molecule has 0 bridgehead atoms. The molecule has 0 nitrogen and oxygen atoms in total. The summed E-state index contributed by atoms with van der Waals surface area (Å²) in [6.07, 6.45) is -5.29. The molecule has 0 radical (unpaired) electrons. The van der Waals surface area contributed by atoms with Gasteiger partial charge < -0.3 is 0 Å². The van der Waals surface area contributed by atoms with Crippen LogP contribution in [0.1, 0.15) is 5.56 Å². The van der Waals surface area contributed by atoms with Crippen molar-refractivity contribution in [1.82, 2.24) is 0 Å². The lowest BCUT2D eigenvalue weighted by molar-refractivity contribution is -0.136. The van der Waals surface area contributed by atoms with E-state index in [-0.39, 0.29) is 12.1 Å². The van der Waals surface area contributed by atoms with Crippen molar-refractivity contribution in [2.24, 2.45) is 0 Å². The van der Waals surface area contributed by atoms with Crippen molar-refractivity contribution in [2.45, 2.75) is 6.18 Å². The van der Waals surface area contributed by atoms with Crippen LogP contribution in [0.3, 0.4) is 0 Å². The molecule has 3 aromatic carbocycles. The maximum atomic E-state index is 14.5. The fraction of sp³-hybridized carbons (Fsp3) is 0.0526. The summed E-state index contributed by atoms with van der Waals surface area (Å²) in [5.74, 6) is -17.6. The van der Waals surface area contributed by atoms with E-state index in [9.17, 15) is 48.3 Å². The minimum atomic E-state index is -5.29. The quantitative estimate of drug-likeness (QED) is 0.314. The summed E-state index contributed by atoms with van der Waals surface area (Å²) >= 11 is 0. The standard InChI is InChI=1S/C19H6BF11/c21-9-5-10(22)16(26)13(15(9)25)20(8-4-2-1-3-7(8)19(29,30)31)14-17(27)11(23)6-12(24)18(14)28/h1-6H. The van der Waals surface area contributed by atoms with Crippen LogP contribution in [0.5, 0.6) is 0 Å². The second kappa shape index (κ2) is 7.90. The molecule has 0 saturated heterocycles. The minimum Gasteiger partial charge on any atom is -0.204 e. The van der Waals surface area contributed by atoms with Gasteiger partial charge in [-0.05, 0) is 0 Å². The van der Waals surface area contributed by atoms with Gasteiger partial charge in [-0.1, -0.05) is 29.7 Å². The Bertz CT molecular complexity index is 1050. The van der Waals surface area contributed by atoms with Crippen LogP contribution >= 0.6 is 0 Å². The monoisotopic (exact) mass is 454 g/mol. The molecule has 3 rings (SSSR count). The maximum absolute atomic E-state index is 14.5. The van der Waals surface area contributed by atoms with Crippen molar-refractivity contribution < 1.29 is 48.3 Å². The van der Waals surface area contributed by atoms with E-state index in [1.807, 2.05) is 0 Å². The first kappa shape index (κ1) is 22.6. The second-order valence-corrected chi connectivity index (χ2v) is 6.28. The van der Waals surface area contributed by atoms with Gasteiger partial charge in [-0.25, -0.2) is 35.1 Å².